The van der Waals surface area contributed by atoms with Crippen LogP contribution in [0.25, 0.3) is 0 Å². The number of carboxylic acids is 1. The maximum Gasteiger partial charge on any atom is 0.330 e. The van der Waals surface area contributed by atoms with Crippen LogP contribution in [-0.2, 0) is 11.8 Å². The number of aryl methyl sites for hydroxylation is 1. The van der Waals surface area contributed by atoms with Gasteiger partial charge in [-0.3, -0.25) is 9.48 Å². The van der Waals surface area contributed by atoms with Crippen molar-refractivity contribution in [3.8, 4) is 0 Å². The number of thioether (sulfide) groups is 1. The fourth-order valence-electron chi connectivity index (χ4n) is 1.89. The Hall–Kier alpha value is -1.50. The van der Waals surface area contributed by atoms with Crippen LogP contribution in [0.15, 0.2) is 6.20 Å². The molecular formula is C11H15N3O3S. The predicted octanol–water partition coefficient (Wildman–Crippen LogP) is 0.419. The molecule has 1 unspecified atom stereocenters. The van der Waals surface area contributed by atoms with Crippen LogP contribution in [0.3, 0.4) is 0 Å². The molecule has 0 aliphatic carbocycles. The number of hydrogen-bond acceptors (Lipinski definition) is 4. The topological polar surface area (TPSA) is 84.2 Å². The molecule has 1 fully saturated rings. The number of nitrogens with zero attached hydrogens (tertiary/aromatic N) is 2. The molecular weight excluding hydrogens is 254 g/mol. The molecule has 1 aliphatic rings. The van der Waals surface area contributed by atoms with Gasteiger partial charge in [-0.15, -0.1) is 0 Å². The van der Waals surface area contributed by atoms with Crippen molar-refractivity contribution < 1.29 is 14.7 Å². The van der Waals surface area contributed by atoms with Crippen LogP contribution in [0.5, 0.6) is 0 Å². The highest BCUT2D eigenvalue weighted by molar-refractivity contribution is 7.99. The summed E-state index contributed by atoms with van der Waals surface area (Å²) < 4.78 is 1.59. The minimum atomic E-state index is -1.13. The van der Waals surface area contributed by atoms with Crippen LogP contribution in [-0.4, -0.2) is 43.8 Å². The van der Waals surface area contributed by atoms with Gasteiger partial charge in [0, 0.05) is 18.5 Å². The molecule has 7 heteroatoms. The summed E-state index contributed by atoms with van der Waals surface area (Å²) in [5, 5.41) is 15.9. The van der Waals surface area contributed by atoms with Crippen molar-refractivity contribution in [3.05, 3.63) is 17.5 Å². The SMILES string of the molecule is Cc1c(C(=O)NC2(C(=O)O)CCSC2)cnn1C. The van der Waals surface area contributed by atoms with Gasteiger partial charge in [0.1, 0.15) is 5.54 Å². The van der Waals surface area contributed by atoms with Gasteiger partial charge in [-0.25, -0.2) is 4.79 Å². The van der Waals surface area contributed by atoms with Crippen molar-refractivity contribution in [2.75, 3.05) is 11.5 Å². The number of hydrogen-bond donors (Lipinski definition) is 2. The first-order chi connectivity index (χ1) is 8.46. The van der Waals surface area contributed by atoms with E-state index < -0.39 is 11.5 Å². The first-order valence-electron chi connectivity index (χ1n) is 5.58. The third-order valence-electron chi connectivity index (χ3n) is 3.26. The third kappa shape index (κ3) is 2.10. The summed E-state index contributed by atoms with van der Waals surface area (Å²) in [6, 6.07) is 0. The van der Waals surface area contributed by atoms with Gasteiger partial charge in [-0.1, -0.05) is 0 Å². The summed E-state index contributed by atoms with van der Waals surface area (Å²) in [5.74, 6) is -0.181. The Balaban J connectivity index is 2.20. The predicted molar refractivity (Wildman–Crippen MR) is 67.7 cm³/mol. The van der Waals surface area contributed by atoms with Crippen LogP contribution in [0, 0.1) is 6.92 Å². The zero-order chi connectivity index (χ0) is 13.3. The molecule has 0 radical (unpaired) electrons. The van der Waals surface area contributed by atoms with Crippen LogP contribution >= 0.6 is 11.8 Å². The minimum Gasteiger partial charge on any atom is -0.479 e. The van der Waals surface area contributed by atoms with Crippen molar-refractivity contribution in [2.24, 2.45) is 7.05 Å². The lowest BCUT2D eigenvalue weighted by atomic mass is 9.98. The summed E-state index contributed by atoms with van der Waals surface area (Å²) in [6.07, 6.45) is 1.92. The standard InChI is InChI=1S/C11H15N3O3S/c1-7-8(5-12-14(7)2)9(15)13-11(10(16)17)3-4-18-6-11/h5H,3-4,6H2,1-2H3,(H,13,15)(H,16,17). The van der Waals surface area contributed by atoms with Crippen LogP contribution < -0.4 is 5.32 Å². The van der Waals surface area contributed by atoms with E-state index >= 15 is 0 Å². The Morgan fingerprint density at radius 2 is 2.33 bits per heavy atom. The zero-order valence-electron chi connectivity index (χ0n) is 10.3. The summed E-state index contributed by atoms with van der Waals surface area (Å²) in [6.45, 7) is 1.78. The Morgan fingerprint density at radius 3 is 2.78 bits per heavy atom. The number of carboxylic acid groups (broad SMARTS) is 1. The van der Waals surface area contributed by atoms with Crippen LogP contribution in [0.4, 0.5) is 0 Å². The second-order valence-electron chi connectivity index (χ2n) is 4.41. The molecule has 2 N–H and O–H groups in total. The molecule has 2 heterocycles. The molecule has 1 aliphatic heterocycles. The van der Waals surface area contributed by atoms with Gasteiger partial charge in [0.15, 0.2) is 0 Å². The lowest BCUT2D eigenvalue weighted by molar-refractivity contribution is -0.143. The lowest BCUT2D eigenvalue weighted by Gasteiger charge is -2.24. The number of aromatic nitrogens is 2. The Labute approximate surface area is 109 Å². The van der Waals surface area contributed by atoms with E-state index in [1.165, 1.54) is 18.0 Å². The van der Waals surface area contributed by atoms with Gasteiger partial charge in [-0.05, 0) is 19.1 Å². The first-order valence-corrected chi connectivity index (χ1v) is 6.74. The maximum atomic E-state index is 12.1. The molecule has 0 bridgehead atoms. The van der Waals surface area contributed by atoms with Crippen molar-refractivity contribution in [1.29, 1.82) is 0 Å². The molecule has 6 nitrogen and oxygen atoms in total. The van der Waals surface area contributed by atoms with Crippen molar-refractivity contribution in [1.82, 2.24) is 15.1 Å². The summed E-state index contributed by atoms with van der Waals surface area (Å²) in [5.41, 5.74) is 0.0121. The molecule has 1 atom stereocenters. The first kappa shape index (κ1) is 12.9. The van der Waals surface area contributed by atoms with Crippen molar-refractivity contribution >= 4 is 23.6 Å². The molecule has 1 amide bonds. The third-order valence-corrected chi connectivity index (χ3v) is 4.45. The summed E-state index contributed by atoms with van der Waals surface area (Å²) >= 11 is 1.54. The van der Waals surface area contributed by atoms with E-state index in [2.05, 4.69) is 10.4 Å². The average molecular weight is 269 g/mol. The largest absolute Gasteiger partial charge is 0.479 e. The van der Waals surface area contributed by atoms with Gasteiger partial charge in [0.25, 0.3) is 5.91 Å². The van der Waals surface area contributed by atoms with E-state index in [0.29, 0.717) is 17.7 Å². The highest BCUT2D eigenvalue weighted by atomic mass is 32.2. The Kier molecular flexibility index (Phi) is 3.34. The molecule has 0 saturated carbocycles. The van der Waals surface area contributed by atoms with E-state index in [1.54, 1.807) is 18.7 Å². The molecule has 0 aromatic carbocycles. The smallest absolute Gasteiger partial charge is 0.330 e. The van der Waals surface area contributed by atoms with Crippen molar-refractivity contribution in [3.63, 3.8) is 0 Å². The number of carbonyl (C=O) groups excluding carboxylic acids is 1. The minimum absolute atomic E-state index is 0.370. The number of aliphatic carboxylic acids is 1. The molecule has 18 heavy (non-hydrogen) atoms. The van der Waals surface area contributed by atoms with E-state index in [0.717, 1.165) is 11.4 Å². The molecule has 1 aromatic rings. The van der Waals surface area contributed by atoms with E-state index in [1.807, 2.05) is 0 Å². The van der Waals surface area contributed by atoms with Gasteiger partial charge >= 0.3 is 5.97 Å². The molecule has 98 valence electrons. The monoisotopic (exact) mass is 269 g/mol. The second-order valence-corrected chi connectivity index (χ2v) is 5.52. The number of amides is 1. The number of rotatable bonds is 3. The average Bonchev–Trinajstić information content (AvgIpc) is 2.89. The highest BCUT2D eigenvalue weighted by Gasteiger charge is 2.43. The van der Waals surface area contributed by atoms with E-state index in [4.69, 9.17) is 0 Å². The van der Waals surface area contributed by atoms with E-state index in [-0.39, 0.29) is 5.91 Å². The Bertz CT molecular complexity index is 492. The number of nitrogens with one attached hydrogen (secondary N) is 1. The Morgan fingerprint density at radius 1 is 1.61 bits per heavy atom. The second kappa shape index (κ2) is 4.64. The van der Waals surface area contributed by atoms with Gasteiger partial charge < -0.3 is 10.4 Å². The molecule has 1 aromatic heterocycles. The quantitative estimate of drug-likeness (QED) is 0.830. The summed E-state index contributed by atoms with van der Waals surface area (Å²) in [7, 11) is 1.74. The fourth-order valence-corrected chi connectivity index (χ4v) is 3.22. The van der Waals surface area contributed by atoms with Gasteiger partial charge in [-0.2, -0.15) is 16.9 Å². The van der Waals surface area contributed by atoms with Gasteiger partial charge in [0.2, 0.25) is 0 Å². The van der Waals surface area contributed by atoms with Gasteiger partial charge in [0.05, 0.1) is 11.8 Å². The molecule has 0 spiro atoms. The normalized spacial score (nSPS) is 23.0. The fraction of sp³-hybridized carbons (Fsp3) is 0.545. The highest BCUT2D eigenvalue weighted by Crippen LogP contribution is 2.28. The lowest BCUT2D eigenvalue weighted by Crippen LogP contribution is -2.54. The van der Waals surface area contributed by atoms with E-state index in [9.17, 15) is 14.7 Å². The maximum absolute atomic E-state index is 12.1. The zero-order valence-corrected chi connectivity index (χ0v) is 11.1. The molecule has 1 saturated heterocycles. The van der Waals surface area contributed by atoms with Crippen LogP contribution in [0.2, 0.25) is 0 Å². The van der Waals surface area contributed by atoms with Crippen LogP contribution in [0.1, 0.15) is 22.5 Å². The molecule has 2 rings (SSSR count). The van der Waals surface area contributed by atoms with Crippen molar-refractivity contribution in [2.45, 2.75) is 18.9 Å². The summed E-state index contributed by atoms with van der Waals surface area (Å²) in [4.78, 5) is 23.4. The number of carbonyl (C=O) groups is 2.